The highest BCUT2D eigenvalue weighted by Crippen LogP contribution is 1.91. The third kappa shape index (κ3) is 12.9. The maximum absolute atomic E-state index is 12.1. The van der Waals surface area contributed by atoms with Gasteiger partial charge in [0, 0.05) is 37.7 Å². The van der Waals surface area contributed by atoms with Crippen molar-refractivity contribution in [3.8, 4) is 0 Å². The molecule has 0 radical (unpaired) electrons. The second kappa shape index (κ2) is 15.0. The zero-order chi connectivity index (χ0) is 20.8. The minimum absolute atomic E-state index is 0.0957. The Morgan fingerprint density at radius 3 is 1.67 bits per heavy atom. The summed E-state index contributed by atoms with van der Waals surface area (Å²) in [5.41, 5.74) is 0. The van der Waals surface area contributed by atoms with Gasteiger partial charge in [-0.2, -0.15) is 25.3 Å². The number of likely N-dealkylation sites (N-methyl/N-ethyl adjacent to an activating group) is 2. The van der Waals surface area contributed by atoms with Crippen LogP contribution in [-0.2, 0) is 14.4 Å². The molecule has 0 saturated heterocycles. The fourth-order valence-electron chi connectivity index (χ4n) is 1.95. The molecular weight excluding hydrogens is 388 g/mol. The molecule has 0 aliphatic rings. The first-order chi connectivity index (χ1) is 12.7. The van der Waals surface area contributed by atoms with Crippen LogP contribution in [0.4, 0.5) is 0 Å². The molecule has 0 aliphatic carbocycles. The van der Waals surface area contributed by atoms with Crippen LogP contribution in [0.1, 0.15) is 0 Å². The predicted molar refractivity (Wildman–Crippen MR) is 115 cm³/mol. The Morgan fingerprint density at radius 1 is 0.815 bits per heavy atom. The van der Waals surface area contributed by atoms with E-state index in [-0.39, 0.29) is 35.8 Å². The second-order valence-electron chi connectivity index (χ2n) is 6.61. The van der Waals surface area contributed by atoms with Crippen molar-refractivity contribution >= 4 is 43.0 Å². The van der Waals surface area contributed by atoms with Crippen LogP contribution in [0.2, 0.25) is 0 Å². The van der Waals surface area contributed by atoms with Crippen LogP contribution in [0.15, 0.2) is 0 Å². The van der Waals surface area contributed by atoms with Crippen molar-refractivity contribution < 1.29 is 14.4 Å². The summed E-state index contributed by atoms with van der Waals surface area (Å²) in [6.07, 6.45) is 0. The molecule has 0 heterocycles. The van der Waals surface area contributed by atoms with Crippen LogP contribution in [0, 0.1) is 0 Å². The monoisotopic (exact) mass is 422 g/mol. The molecule has 0 saturated carbocycles. The number of hydrogen-bond acceptors (Lipinski definition) is 8. The lowest BCUT2D eigenvalue weighted by molar-refractivity contribution is -0.128. The van der Waals surface area contributed by atoms with Gasteiger partial charge in [-0.05, 0) is 28.2 Å². The Bertz CT molecular complexity index is 465. The minimum Gasteiger partial charge on any atom is -0.353 e. The largest absolute Gasteiger partial charge is 0.353 e. The Morgan fingerprint density at radius 2 is 1.26 bits per heavy atom. The number of thiol groups is 2. The van der Waals surface area contributed by atoms with Gasteiger partial charge in [0.05, 0.1) is 12.6 Å². The van der Waals surface area contributed by atoms with Crippen molar-refractivity contribution in [1.29, 1.82) is 0 Å². The molecule has 0 rings (SSSR count). The predicted octanol–water partition coefficient (Wildman–Crippen LogP) is -2.36. The van der Waals surface area contributed by atoms with Crippen molar-refractivity contribution in [2.24, 2.45) is 0 Å². The van der Waals surface area contributed by atoms with Crippen molar-refractivity contribution in [1.82, 2.24) is 31.1 Å². The first kappa shape index (κ1) is 26.0. The number of amides is 3. The van der Waals surface area contributed by atoms with Crippen LogP contribution < -0.4 is 21.3 Å². The van der Waals surface area contributed by atoms with Gasteiger partial charge < -0.3 is 25.8 Å². The molecular formula is C16H34N6O3S2. The fraction of sp³-hybridized carbons (Fsp3) is 0.812. The van der Waals surface area contributed by atoms with E-state index in [0.29, 0.717) is 19.6 Å². The molecule has 0 aromatic heterocycles. The summed E-state index contributed by atoms with van der Waals surface area (Å²) < 4.78 is 0. The summed E-state index contributed by atoms with van der Waals surface area (Å²) in [5.74, 6) is -0.452. The van der Waals surface area contributed by atoms with Crippen LogP contribution >= 0.6 is 25.3 Å². The molecule has 0 aromatic carbocycles. The number of nitrogens with one attached hydrogen (secondary N) is 4. The number of rotatable bonds is 14. The summed E-state index contributed by atoms with van der Waals surface area (Å²) >= 11 is 8.27. The summed E-state index contributed by atoms with van der Waals surface area (Å²) in [4.78, 5) is 40.1. The van der Waals surface area contributed by atoms with Crippen molar-refractivity contribution in [3.63, 3.8) is 0 Å². The maximum Gasteiger partial charge on any atom is 0.243 e. The van der Waals surface area contributed by atoms with Gasteiger partial charge >= 0.3 is 0 Å². The van der Waals surface area contributed by atoms with Gasteiger partial charge in [0.1, 0.15) is 6.04 Å². The molecule has 158 valence electrons. The normalized spacial score (nSPS) is 13.3. The molecule has 9 nitrogen and oxygen atoms in total. The van der Waals surface area contributed by atoms with E-state index in [9.17, 15) is 14.4 Å². The first-order valence-corrected chi connectivity index (χ1v) is 10.1. The van der Waals surface area contributed by atoms with Crippen LogP contribution in [0.25, 0.3) is 0 Å². The third-order valence-corrected chi connectivity index (χ3v) is 4.29. The van der Waals surface area contributed by atoms with E-state index in [0.717, 1.165) is 6.54 Å². The van der Waals surface area contributed by atoms with E-state index in [1.54, 1.807) is 0 Å². The number of carbonyl (C=O) groups excluding carboxylic acids is 3. The van der Waals surface area contributed by atoms with Crippen molar-refractivity contribution in [2.75, 3.05) is 72.4 Å². The molecule has 2 atom stereocenters. The average Bonchev–Trinajstić information content (AvgIpc) is 2.59. The van der Waals surface area contributed by atoms with Gasteiger partial charge in [0.15, 0.2) is 0 Å². The van der Waals surface area contributed by atoms with Gasteiger partial charge in [-0.25, -0.2) is 0 Å². The standard InChI is InChI=1S/C16H34N6O3S2/c1-21(2)7-5-17-15(24)12(10-26)19-9-14(23)20-13(11-27)16(25)18-6-8-22(3)4/h12-13,19,26-27H,5-11H2,1-4H3,(H,17,24)(H,18,25)(H,20,23). The number of hydrogen-bond donors (Lipinski definition) is 6. The van der Waals surface area contributed by atoms with Crippen LogP contribution in [0.5, 0.6) is 0 Å². The Hall–Kier alpha value is -1.01. The number of nitrogens with zero attached hydrogens (tertiary/aromatic N) is 2. The molecule has 27 heavy (non-hydrogen) atoms. The quantitative estimate of drug-likeness (QED) is 0.175. The van der Waals surface area contributed by atoms with E-state index in [4.69, 9.17) is 0 Å². The smallest absolute Gasteiger partial charge is 0.243 e. The maximum atomic E-state index is 12.1. The van der Waals surface area contributed by atoms with E-state index in [1.807, 2.05) is 38.0 Å². The first-order valence-electron chi connectivity index (χ1n) is 8.80. The average molecular weight is 423 g/mol. The Labute approximate surface area is 173 Å². The molecule has 3 amide bonds. The van der Waals surface area contributed by atoms with Gasteiger partial charge in [-0.1, -0.05) is 0 Å². The second-order valence-corrected chi connectivity index (χ2v) is 7.34. The minimum atomic E-state index is -0.729. The highest BCUT2D eigenvalue weighted by atomic mass is 32.1. The molecule has 4 N–H and O–H groups in total. The van der Waals surface area contributed by atoms with E-state index in [1.165, 1.54) is 0 Å². The highest BCUT2D eigenvalue weighted by molar-refractivity contribution is 7.80. The van der Waals surface area contributed by atoms with Crippen LogP contribution in [0.3, 0.4) is 0 Å². The Balaban J connectivity index is 4.31. The topological polar surface area (TPSA) is 106 Å². The van der Waals surface area contributed by atoms with Crippen molar-refractivity contribution in [3.05, 3.63) is 0 Å². The van der Waals surface area contributed by atoms with E-state index in [2.05, 4.69) is 46.5 Å². The lowest BCUT2D eigenvalue weighted by Crippen LogP contribution is -2.53. The highest BCUT2D eigenvalue weighted by Gasteiger charge is 2.21. The summed E-state index contributed by atoms with van der Waals surface area (Å²) in [5, 5.41) is 11.0. The molecule has 0 bridgehead atoms. The number of carbonyl (C=O) groups is 3. The lowest BCUT2D eigenvalue weighted by Gasteiger charge is -2.20. The summed E-state index contributed by atoms with van der Waals surface area (Å²) in [7, 11) is 7.65. The zero-order valence-electron chi connectivity index (χ0n) is 16.6. The molecule has 0 aliphatic heterocycles. The molecule has 0 spiro atoms. The Kier molecular flexibility index (Phi) is 14.4. The van der Waals surface area contributed by atoms with Gasteiger partial charge in [-0.3, -0.25) is 19.7 Å². The van der Waals surface area contributed by atoms with Gasteiger partial charge in [0.2, 0.25) is 17.7 Å². The molecule has 2 unspecified atom stereocenters. The SMILES string of the molecule is CN(C)CCNC(=O)C(CS)NCC(=O)NC(CS)C(=O)NCCN(C)C. The van der Waals surface area contributed by atoms with Crippen molar-refractivity contribution in [2.45, 2.75) is 12.1 Å². The van der Waals surface area contributed by atoms with E-state index < -0.39 is 12.1 Å². The fourth-order valence-corrected chi connectivity index (χ4v) is 2.50. The molecule has 0 aromatic rings. The van der Waals surface area contributed by atoms with E-state index >= 15 is 0 Å². The van der Waals surface area contributed by atoms with Gasteiger partial charge in [0.25, 0.3) is 0 Å². The summed E-state index contributed by atoms with van der Waals surface area (Å²) in [6, 6.07) is -1.32. The lowest BCUT2D eigenvalue weighted by atomic mass is 10.2. The van der Waals surface area contributed by atoms with Gasteiger partial charge in [-0.15, -0.1) is 0 Å². The summed E-state index contributed by atoms with van der Waals surface area (Å²) in [6.45, 7) is 2.32. The van der Waals surface area contributed by atoms with Crippen LogP contribution in [-0.4, -0.2) is 112 Å². The zero-order valence-corrected chi connectivity index (χ0v) is 18.4. The molecule has 11 heteroatoms. The third-order valence-electron chi connectivity index (χ3n) is 3.56. The molecule has 0 fully saturated rings.